The number of rotatable bonds is 1. The SMILES string of the molecule is CO[C@@H]1C[C@@H]2[C@H](CC[C@]3(O)[C@H]2CC[C@@]3(C)O)[C@@]2(C)CC[C@@H]3C[C@]312. The molecule has 2 N–H and O–H groups in total. The van der Waals surface area contributed by atoms with Crippen molar-refractivity contribution in [3.05, 3.63) is 0 Å². The zero-order valence-electron chi connectivity index (χ0n) is 14.8. The molecule has 0 heterocycles. The minimum Gasteiger partial charge on any atom is -0.387 e. The van der Waals surface area contributed by atoms with Crippen LogP contribution in [-0.4, -0.2) is 34.6 Å². The van der Waals surface area contributed by atoms with Gasteiger partial charge < -0.3 is 14.9 Å². The Morgan fingerprint density at radius 1 is 0.957 bits per heavy atom. The quantitative estimate of drug-likeness (QED) is 0.780. The molecule has 0 unspecified atom stereocenters. The highest BCUT2D eigenvalue weighted by Gasteiger charge is 2.78. The first-order valence-electron chi connectivity index (χ1n) is 9.78. The molecule has 5 saturated carbocycles. The second-order valence-corrected chi connectivity index (χ2v) is 10.0. The van der Waals surface area contributed by atoms with Crippen molar-refractivity contribution in [3.8, 4) is 0 Å². The van der Waals surface area contributed by atoms with Crippen LogP contribution in [0.5, 0.6) is 0 Å². The van der Waals surface area contributed by atoms with Crippen molar-refractivity contribution in [2.24, 2.45) is 34.5 Å². The number of hydrogen-bond acceptors (Lipinski definition) is 3. The molecule has 3 heteroatoms. The minimum absolute atomic E-state index is 0.265. The van der Waals surface area contributed by atoms with E-state index in [9.17, 15) is 10.2 Å². The second kappa shape index (κ2) is 4.16. The molecule has 5 fully saturated rings. The van der Waals surface area contributed by atoms with Crippen molar-refractivity contribution in [1.29, 1.82) is 0 Å². The molecule has 0 saturated heterocycles. The summed E-state index contributed by atoms with van der Waals surface area (Å²) < 4.78 is 6.05. The van der Waals surface area contributed by atoms with Crippen LogP contribution in [0.4, 0.5) is 0 Å². The fraction of sp³-hybridized carbons (Fsp3) is 1.00. The minimum atomic E-state index is -0.904. The Morgan fingerprint density at radius 3 is 2.39 bits per heavy atom. The first-order valence-corrected chi connectivity index (χ1v) is 9.78. The summed E-state index contributed by atoms with van der Waals surface area (Å²) in [5.41, 5.74) is -0.926. The van der Waals surface area contributed by atoms with Gasteiger partial charge in [0.25, 0.3) is 0 Å². The summed E-state index contributed by atoms with van der Waals surface area (Å²) >= 11 is 0. The molecule has 5 aliphatic carbocycles. The third kappa shape index (κ3) is 1.46. The zero-order chi connectivity index (χ0) is 16.3. The Labute approximate surface area is 139 Å². The van der Waals surface area contributed by atoms with Gasteiger partial charge in [-0.25, -0.2) is 0 Å². The van der Waals surface area contributed by atoms with Crippen LogP contribution < -0.4 is 0 Å². The van der Waals surface area contributed by atoms with E-state index in [1.807, 2.05) is 14.0 Å². The van der Waals surface area contributed by atoms with Crippen molar-refractivity contribution in [2.75, 3.05) is 7.11 Å². The lowest BCUT2D eigenvalue weighted by Crippen LogP contribution is -2.62. The van der Waals surface area contributed by atoms with E-state index in [1.54, 1.807) is 0 Å². The van der Waals surface area contributed by atoms with Gasteiger partial charge >= 0.3 is 0 Å². The molecule has 0 radical (unpaired) electrons. The average Bonchev–Trinajstić information content (AvgIpc) is 3.09. The highest BCUT2D eigenvalue weighted by atomic mass is 16.5. The molecule has 0 aromatic carbocycles. The van der Waals surface area contributed by atoms with Gasteiger partial charge in [-0.1, -0.05) is 6.92 Å². The van der Waals surface area contributed by atoms with E-state index < -0.39 is 11.2 Å². The standard InChI is InChI=1S/C20H32O3/c1-17-7-4-12-11-19(12,17)16(23-3)10-13-14(17)6-9-20(22)15(13)5-8-18(20,2)21/h12-16,21-22H,4-11H2,1-3H3/t12-,13-,14+,15+,16-,17-,18-,19+,20+/m1/s1. The number of fused-ring (bicyclic) bond motifs is 4. The Balaban J connectivity index is 1.56. The molecule has 0 aliphatic heterocycles. The van der Waals surface area contributed by atoms with E-state index in [0.717, 1.165) is 43.9 Å². The molecule has 130 valence electrons. The number of methoxy groups -OCH3 is 1. The lowest BCUT2D eigenvalue weighted by Gasteiger charge is -2.60. The van der Waals surface area contributed by atoms with E-state index in [-0.39, 0.29) is 5.92 Å². The summed E-state index contributed by atoms with van der Waals surface area (Å²) in [6, 6.07) is 0. The Kier molecular flexibility index (Phi) is 2.74. The first-order chi connectivity index (χ1) is 10.8. The van der Waals surface area contributed by atoms with Gasteiger partial charge in [-0.15, -0.1) is 0 Å². The van der Waals surface area contributed by atoms with Crippen molar-refractivity contribution in [1.82, 2.24) is 0 Å². The Morgan fingerprint density at radius 2 is 1.70 bits per heavy atom. The Hall–Kier alpha value is -0.120. The fourth-order valence-corrected chi connectivity index (χ4v) is 8.48. The van der Waals surface area contributed by atoms with Gasteiger partial charge in [0.15, 0.2) is 0 Å². The molecular weight excluding hydrogens is 288 g/mol. The molecule has 5 rings (SSSR count). The van der Waals surface area contributed by atoms with Crippen LogP contribution in [-0.2, 0) is 4.74 Å². The van der Waals surface area contributed by atoms with Gasteiger partial charge in [-0.3, -0.25) is 0 Å². The molecule has 0 aromatic heterocycles. The van der Waals surface area contributed by atoms with Crippen LogP contribution in [0.1, 0.15) is 65.2 Å². The monoisotopic (exact) mass is 320 g/mol. The van der Waals surface area contributed by atoms with Crippen LogP contribution in [0, 0.1) is 34.5 Å². The van der Waals surface area contributed by atoms with Gasteiger partial charge in [-0.2, -0.15) is 0 Å². The third-order valence-electron chi connectivity index (χ3n) is 9.75. The maximum atomic E-state index is 11.3. The van der Waals surface area contributed by atoms with Gasteiger partial charge in [0.2, 0.25) is 0 Å². The number of hydrogen-bond donors (Lipinski definition) is 2. The smallest absolute Gasteiger partial charge is 0.0961 e. The number of ether oxygens (including phenoxy) is 1. The lowest BCUT2D eigenvalue weighted by atomic mass is 9.47. The number of aliphatic hydroxyl groups is 2. The van der Waals surface area contributed by atoms with Crippen LogP contribution in [0.3, 0.4) is 0 Å². The highest BCUT2D eigenvalue weighted by molar-refractivity contribution is 5.27. The topological polar surface area (TPSA) is 49.7 Å². The predicted octanol–water partition coefficient (Wildman–Crippen LogP) is 3.13. The predicted molar refractivity (Wildman–Crippen MR) is 87.8 cm³/mol. The fourth-order valence-electron chi connectivity index (χ4n) is 8.48. The molecule has 1 spiro atoms. The maximum absolute atomic E-state index is 11.3. The summed E-state index contributed by atoms with van der Waals surface area (Å²) in [4.78, 5) is 0. The summed E-state index contributed by atoms with van der Waals surface area (Å²) in [6.07, 6.45) is 9.19. The van der Waals surface area contributed by atoms with Gasteiger partial charge in [0, 0.05) is 12.5 Å². The van der Waals surface area contributed by atoms with Crippen LogP contribution >= 0.6 is 0 Å². The third-order valence-corrected chi connectivity index (χ3v) is 9.75. The second-order valence-electron chi connectivity index (χ2n) is 10.0. The largest absolute Gasteiger partial charge is 0.387 e. The Bertz CT molecular complexity index is 545. The molecule has 0 aromatic rings. The van der Waals surface area contributed by atoms with Crippen molar-refractivity contribution in [2.45, 2.75) is 82.5 Å². The van der Waals surface area contributed by atoms with Gasteiger partial charge in [-0.05, 0) is 87.4 Å². The van der Waals surface area contributed by atoms with E-state index in [4.69, 9.17) is 4.74 Å². The summed E-state index contributed by atoms with van der Waals surface area (Å²) in [6.45, 7) is 4.40. The van der Waals surface area contributed by atoms with E-state index >= 15 is 0 Å². The van der Waals surface area contributed by atoms with E-state index in [2.05, 4.69) is 6.92 Å². The normalized spacial score (nSPS) is 66.4. The van der Waals surface area contributed by atoms with Crippen molar-refractivity contribution in [3.63, 3.8) is 0 Å². The summed E-state index contributed by atoms with van der Waals surface area (Å²) in [5, 5.41) is 22.1. The van der Waals surface area contributed by atoms with E-state index in [1.165, 1.54) is 19.3 Å². The molecule has 9 atom stereocenters. The average molecular weight is 320 g/mol. The first kappa shape index (κ1) is 15.2. The van der Waals surface area contributed by atoms with Crippen LogP contribution in [0.25, 0.3) is 0 Å². The molecule has 0 amide bonds. The van der Waals surface area contributed by atoms with E-state index in [0.29, 0.717) is 22.9 Å². The molecule has 0 bridgehead atoms. The van der Waals surface area contributed by atoms with Gasteiger partial charge in [0.1, 0.15) is 0 Å². The molecular formula is C20H32O3. The molecule has 3 nitrogen and oxygen atoms in total. The van der Waals surface area contributed by atoms with Crippen LogP contribution in [0.15, 0.2) is 0 Å². The van der Waals surface area contributed by atoms with Crippen molar-refractivity contribution < 1.29 is 14.9 Å². The van der Waals surface area contributed by atoms with Gasteiger partial charge in [0.05, 0.1) is 17.3 Å². The van der Waals surface area contributed by atoms with Crippen LogP contribution in [0.2, 0.25) is 0 Å². The highest BCUT2D eigenvalue weighted by Crippen LogP contribution is 2.81. The summed E-state index contributed by atoms with van der Waals surface area (Å²) in [5.74, 6) is 2.41. The van der Waals surface area contributed by atoms with Crippen molar-refractivity contribution >= 4 is 0 Å². The molecule has 23 heavy (non-hydrogen) atoms. The zero-order valence-corrected chi connectivity index (χ0v) is 14.8. The lowest BCUT2D eigenvalue weighted by molar-refractivity contribution is -0.214. The maximum Gasteiger partial charge on any atom is 0.0961 e. The molecule has 5 aliphatic rings. The summed E-state index contributed by atoms with van der Waals surface area (Å²) in [7, 11) is 1.90.